The van der Waals surface area contributed by atoms with Gasteiger partial charge >= 0.3 is 5.97 Å². The molecule has 4 heteroatoms. The maximum Gasteiger partial charge on any atom is 0.304 e. The third kappa shape index (κ3) is 6.49. The Balaban J connectivity index is 3.53. The third-order valence-electron chi connectivity index (χ3n) is 1.47. The summed E-state index contributed by atoms with van der Waals surface area (Å²) in [5.41, 5.74) is 0. The normalized spacial score (nSPS) is 15.6. The first-order valence-corrected chi connectivity index (χ1v) is 5.42. The zero-order valence-corrected chi connectivity index (χ0v) is 8.65. The van der Waals surface area contributed by atoms with Crippen LogP contribution in [0.4, 0.5) is 0 Å². The van der Waals surface area contributed by atoms with Crippen LogP contribution >= 0.6 is 11.8 Å². The van der Waals surface area contributed by atoms with Gasteiger partial charge in [-0.05, 0) is 20.1 Å². The van der Waals surface area contributed by atoms with Gasteiger partial charge in [0.2, 0.25) is 0 Å². The molecule has 0 saturated heterocycles. The van der Waals surface area contributed by atoms with E-state index in [-0.39, 0.29) is 12.5 Å². The van der Waals surface area contributed by atoms with Gasteiger partial charge in [0, 0.05) is 17.8 Å². The molecule has 0 aromatic rings. The molecule has 0 aliphatic carbocycles. The molecule has 0 spiro atoms. The Morgan fingerprint density at radius 3 is 2.50 bits per heavy atom. The lowest BCUT2D eigenvalue weighted by atomic mass is 10.2. The standard InChI is InChI=1S/C8H17NO2S/c1-6(4-8(10)11)9-7(2)5-12-3/h6-7,9H,4-5H2,1-3H3,(H,10,11). The van der Waals surface area contributed by atoms with Crippen molar-refractivity contribution in [3.8, 4) is 0 Å². The molecule has 0 bridgehead atoms. The predicted molar refractivity (Wildman–Crippen MR) is 52.7 cm³/mol. The number of hydrogen-bond donors (Lipinski definition) is 2. The molecule has 2 N–H and O–H groups in total. The van der Waals surface area contributed by atoms with Gasteiger partial charge < -0.3 is 10.4 Å². The van der Waals surface area contributed by atoms with Crippen LogP contribution < -0.4 is 5.32 Å². The summed E-state index contributed by atoms with van der Waals surface area (Å²) in [5, 5.41) is 11.7. The maximum absolute atomic E-state index is 10.3. The first-order chi connectivity index (χ1) is 5.56. The van der Waals surface area contributed by atoms with Crippen LogP contribution in [0.3, 0.4) is 0 Å². The van der Waals surface area contributed by atoms with Gasteiger partial charge in [0.25, 0.3) is 0 Å². The van der Waals surface area contributed by atoms with Crippen LogP contribution in [0.5, 0.6) is 0 Å². The lowest BCUT2D eigenvalue weighted by Crippen LogP contribution is -2.37. The van der Waals surface area contributed by atoms with Crippen LogP contribution in [0, 0.1) is 0 Å². The molecular weight excluding hydrogens is 174 g/mol. The van der Waals surface area contributed by atoms with Gasteiger partial charge in [-0.25, -0.2) is 0 Å². The van der Waals surface area contributed by atoms with Gasteiger partial charge in [0.15, 0.2) is 0 Å². The van der Waals surface area contributed by atoms with Crippen molar-refractivity contribution in [1.29, 1.82) is 0 Å². The fourth-order valence-corrected chi connectivity index (χ4v) is 1.70. The summed E-state index contributed by atoms with van der Waals surface area (Å²) < 4.78 is 0. The third-order valence-corrected chi connectivity index (χ3v) is 2.30. The largest absolute Gasteiger partial charge is 0.481 e. The highest BCUT2D eigenvalue weighted by molar-refractivity contribution is 7.98. The number of carboxylic acid groups (broad SMARTS) is 1. The quantitative estimate of drug-likeness (QED) is 0.662. The molecule has 2 unspecified atom stereocenters. The van der Waals surface area contributed by atoms with Gasteiger partial charge in [0.1, 0.15) is 0 Å². The summed E-state index contributed by atoms with van der Waals surface area (Å²) in [6.07, 6.45) is 2.23. The fourth-order valence-electron chi connectivity index (χ4n) is 1.10. The number of carbonyl (C=O) groups is 1. The molecule has 0 rings (SSSR count). The number of aliphatic carboxylic acids is 1. The van der Waals surface area contributed by atoms with Crippen molar-refractivity contribution in [1.82, 2.24) is 5.32 Å². The zero-order chi connectivity index (χ0) is 9.56. The predicted octanol–water partition coefficient (Wildman–Crippen LogP) is 1.19. The molecule has 72 valence electrons. The smallest absolute Gasteiger partial charge is 0.304 e. The Bertz CT molecular complexity index is 141. The maximum atomic E-state index is 10.3. The summed E-state index contributed by atoms with van der Waals surface area (Å²) in [6.45, 7) is 3.96. The monoisotopic (exact) mass is 191 g/mol. The van der Waals surface area contributed by atoms with E-state index in [1.165, 1.54) is 0 Å². The highest BCUT2D eigenvalue weighted by Crippen LogP contribution is 1.99. The summed E-state index contributed by atoms with van der Waals surface area (Å²) in [4.78, 5) is 10.3. The van der Waals surface area contributed by atoms with E-state index >= 15 is 0 Å². The number of hydrogen-bond acceptors (Lipinski definition) is 3. The van der Waals surface area contributed by atoms with Crippen molar-refractivity contribution < 1.29 is 9.90 Å². The van der Waals surface area contributed by atoms with E-state index in [9.17, 15) is 4.79 Å². The summed E-state index contributed by atoms with van der Waals surface area (Å²) in [6, 6.07) is 0.444. The van der Waals surface area contributed by atoms with Crippen LogP contribution in [0.25, 0.3) is 0 Å². The van der Waals surface area contributed by atoms with E-state index in [4.69, 9.17) is 5.11 Å². The molecule has 0 aliphatic rings. The minimum absolute atomic E-state index is 0.0599. The molecule has 0 aliphatic heterocycles. The van der Waals surface area contributed by atoms with E-state index in [2.05, 4.69) is 12.2 Å². The molecular formula is C8H17NO2S. The van der Waals surface area contributed by atoms with Gasteiger partial charge in [-0.1, -0.05) is 0 Å². The fraction of sp³-hybridized carbons (Fsp3) is 0.875. The second-order valence-electron chi connectivity index (χ2n) is 3.02. The average Bonchev–Trinajstić information content (AvgIpc) is 1.84. The Morgan fingerprint density at radius 1 is 1.50 bits per heavy atom. The minimum atomic E-state index is -0.744. The Kier molecular flexibility index (Phi) is 6.20. The molecule has 12 heavy (non-hydrogen) atoms. The molecule has 0 aromatic carbocycles. The molecule has 0 fully saturated rings. The van der Waals surface area contributed by atoms with Gasteiger partial charge in [-0.15, -0.1) is 0 Å². The van der Waals surface area contributed by atoms with Crippen LogP contribution in [0.2, 0.25) is 0 Å². The van der Waals surface area contributed by atoms with Gasteiger partial charge in [-0.2, -0.15) is 11.8 Å². The average molecular weight is 191 g/mol. The van der Waals surface area contributed by atoms with Crippen molar-refractivity contribution >= 4 is 17.7 Å². The summed E-state index contributed by atoms with van der Waals surface area (Å²) in [7, 11) is 0. The number of nitrogens with one attached hydrogen (secondary N) is 1. The first kappa shape index (κ1) is 11.8. The van der Waals surface area contributed by atoms with E-state index < -0.39 is 5.97 Å². The molecule has 3 nitrogen and oxygen atoms in total. The van der Waals surface area contributed by atoms with Crippen LogP contribution in [-0.4, -0.2) is 35.2 Å². The lowest BCUT2D eigenvalue weighted by Gasteiger charge is -2.17. The lowest BCUT2D eigenvalue weighted by molar-refractivity contribution is -0.137. The van der Waals surface area contributed by atoms with Gasteiger partial charge in [0.05, 0.1) is 6.42 Å². The Morgan fingerprint density at radius 2 is 2.08 bits per heavy atom. The molecule has 0 heterocycles. The second-order valence-corrected chi connectivity index (χ2v) is 3.93. The van der Waals surface area contributed by atoms with Crippen molar-refractivity contribution in [2.75, 3.05) is 12.0 Å². The van der Waals surface area contributed by atoms with Crippen molar-refractivity contribution in [2.24, 2.45) is 0 Å². The van der Waals surface area contributed by atoms with Crippen LogP contribution in [0.1, 0.15) is 20.3 Å². The number of rotatable bonds is 6. The SMILES string of the molecule is CSCC(C)NC(C)CC(=O)O. The minimum Gasteiger partial charge on any atom is -0.481 e. The molecule has 0 saturated carbocycles. The van der Waals surface area contributed by atoms with Crippen molar-refractivity contribution in [3.05, 3.63) is 0 Å². The number of carboxylic acids is 1. The van der Waals surface area contributed by atoms with Crippen LogP contribution in [0.15, 0.2) is 0 Å². The molecule has 0 amide bonds. The highest BCUT2D eigenvalue weighted by Gasteiger charge is 2.09. The van der Waals surface area contributed by atoms with E-state index in [1.807, 2.05) is 13.2 Å². The van der Waals surface area contributed by atoms with Crippen LogP contribution in [-0.2, 0) is 4.79 Å². The summed E-state index contributed by atoms with van der Waals surface area (Å²) in [5.74, 6) is 0.274. The van der Waals surface area contributed by atoms with Crippen molar-refractivity contribution in [2.45, 2.75) is 32.4 Å². The number of thioether (sulfide) groups is 1. The second kappa shape index (κ2) is 6.31. The van der Waals surface area contributed by atoms with E-state index in [0.717, 1.165) is 5.75 Å². The van der Waals surface area contributed by atoms with Crippen molar-refractivity contribution in [3.63, 3.8) is 0 Å². The van der Waals surface area contributed by atoms with Gasteiger partial charge in [-0.3, -0.25) is 4.79 Å². The molecule has 2 atom stereocenters. The molecule has 0 aromatic heterocycles. The zero-order valence-electron chi connectivity index (χ0n) is 7.83. The highest BCUT2D eigenvalue weighted by atomic mass is 32.2. The van der Waals surface area contributed by atoms with E-state index in [1.54, 1.807) is 11.8 Å². The topological polar surface area (TPSA) is 49.3 Å². The van der Waals surface area contributed by atoms with E-state index in [0.29, 0.717) is 6.04 Å². The first-order valence-electron chi connectivity index (χ1n) is 4.03. The Hall–Kier alpha value is -0.220. The molecule has 0 radical (unpaired) electrons. The summed E-state index contributed by atoms with van der Waals surface area (Å²) >= 11 is 1.76. The Labute approximate surface area is 77.9 Å².